The molecule has 0 fully saturated rings. The standard InChI is InChI=1S/C10H11BrN4O2S/c1-15-6-10(12-7-15)18(16,17)14-13-9-4-2-8(11)3-5-9/h2-7,13-14H,1H3. The second-order valence-corrected chi connectivity index (χ2v) is 6.16. The highest BCUT2D eigenvalue weighted by Crippen LogP contribution is 2.13. The first kappa shape index (κ1) is 13.1. The van der Waals surface area contributed by atoms with Gasteiger partial charge in [-0.2, -0.15) is 0 Å². The number of aryl methyl sites for hydroxylation is 1. The van der Waals surface area contributed by atoms with Crippen LogP contribution in [0.4, 0.5) is 5.69 Å². The third-order valence-corrected chi connectivity index (χ3v) is 3.79. The zero-order valence-electron chi connectivity index (χ0n) is 9.46. The molecule has 8 heteroatoms. The molecule has 0 amide bonds. The van der Waals surface area contributed by atoms with Crippen LogP contribution in [0.5, 0.6) is 0 Å². The molecule has 2 aromatic rings. The van der Waals surface area contributed by atoms with E-state index in [9.17, 15) is 8.42 Å². The Bertz CT molecular complexity index is 636. The maximum atomic E-state index is 11.8. The van der Waals surface area contributed by atoms with Crippen LogP contribution in [0.1, 0.15) is 0 Å². The van der Waals surface area contributed by atoms with Crippen molar-refractivity contribution in [2.24, 2.45) is 7.05 Å². The average molecular weight is 331 g/mol. The molecular formula is C10H11BrN4O2S. The number of rotatable bonds is 4. The monoisotopic (exact) mass is 330 g/mol. The van der Waals surface area contributed by atoms with Gasteiger partial charge in [0.25, 0.3) is 10.0 Å². The van der Waals surface area contributed by atoms with Crippen molar-refractivity contribution >= 4 is 31.6 Å². The highest BCUT2D eigenvalue weighted by molar-refractivity contribution is 9.10. The van der Waals surface area contributed by atoms with Crippen LogP contribution in [0.25, 0.3) is 0 Å². The van der Waals surface area contributed by atoms with E-state index in [0.717, 1.165) is 4.47 Å². The molecule has 6 nitrogen and oxygen atoms in total. The van der Waals surface area contributed by atoms with E-state index in [1.807, 2.05) is 0 Å². The van der Waals surface area contributed by atoms with Gasteiger partial charge in [-0.1, -0.05) is 15.9 Å². The van der Waals surface area contributed by atoms with E-state index in [2.05, 4.69) is 31.2 Å². The Morgan fingerprint density at radius 1 is 1.28 bits per heavy atom. The highest BCUT2D eigenvalue weighted by atomic mass is 79.9. The summed E-state index contributed by atoms with van der Waals surface area (Å²) in [6, 6.07) is 7.09. The van der Waals surface area contributed by atoms with E-state index in [4.69, 9.17) is 0 Å². The first-order valence-corrected chi connectivity index (χ1v) is 7.26. The second-order valence-electron chi connectivity index (χ2n) is 3.61. The van der Waals surface area contributed by atoms with Crippen LogP contribution in [0.2, 0.25) is 0 Å². The lowest BCUT2D eigenvalue weighted by Crippen LogP contribution is -2.29. The van der Waals surface area contributed by atoms with Gasteiger partial charge in [-0.15, -0.1) is 4.83 Å². The van der Waals surface area contributed by atoms with Crippen molar-refractivity contribution in [1.29, 1.82) is 0 Å². The Hall–Kier alpha value is -1.38. The normalized spacial score (nSPS) is 11.4. The molecule has 1 aromatic carbocycles. The van der Waals surface area contributed by atoms with Crippen molar-refractivity contribution in [3.05, 3.63) is 41.3 Å². The number of hydrogen-bond acceptors (Lipinski definition) is 4. The lowest BCUT2D eigenvalue weighted by Gasteiger charge is -2.07. The van der Waals surface area contributed by atoms with E-state index in [1.165, 1.54) is 12.5 Å². The van der Waals surface area contributed by atoms with Gasteiger partial charge < -0.3 is 9.99 Å². The molecular weight excluding hydrogens is 320 g/mol. The summed E-state index contributed by atoms with van der Waals surface area (Å²) in [5.74, 6) is 0. The van der Waals surface area contributed by atoms with Crippen molar-refractivity contribution in [3.63, 3.8) is 0 Å². The lowest BCUT2D eigenvalue weighted by molar-refractivity contribution is 0.584. The summed E-state index contributed by atoms with van der Waals surface area (Å²) in [7, 11) is -1.95. The van der Waals surface area contributed by atoms with E-state index >= 15 is 0 Å². The smallest absolute Gasteiger partial charge is 0.276 e. The molecule has 18 heavy (non-hydrogen) atoms. The Morgan fingerprint density at radius 3 is 2.50 bits per heavy atom. The van der Waals surface area contributed by atoms with Gasteiger partial charge in [0.2, 0.25) is 0 Å². The number of nitrogens with one attached hydrogen (secondary N) is 2. The molecule has 0 unspecified atom stereocenters. The molecule has 0 radical (unpaired) electrons. The van der Waals surface area contributed by atoms with E-state index in [-0.39, 0.29) is 5.03 Å². The SMILES string of the molecule is Cn1cnc(S(=O)(=O)NNc2ccc(Br)cc2)c1. The number of halogens is 1. The summed E-state index contributed by atoms with van der Waals surface area (Å²) in [4.78, 5) is 6.03. The molecule has 0 saturated carbocycles. The molecule has 96 valence electrons. The average Bonchev–Trinajstić information content (AvgIpc) is 2.76. The molecule has 0 atom stereocenters. The van der Waals surface area contributed by atoms with Gasteiger partial charge in [0.1, 0.15) is 0 Å². The fourth-order valence-corrected chi connectivity index (χ4v) is 2.35. The highest BCUT2D eigenvalue weighted by Gasteiger charge is 2.16. The molecule has 0 bridgehead atoms. The van der Waals surface area contributed by atoms with Crippen LogP contribution in [-0.2, 0) is 17.1 Å². The van der Waals surface area contributed by atoms with Crippen LogP contribution in [0, 0.1) is 0 Å². The number of nitrogens with zero attached hydrogens (tertiary/aromatic N) is 2. The first-order valence-electron chi connectivity index (χ1n) is 4.99. The molecule has 2 rings (SSSR count). The van der Waals surface area contributed by atoms with E-state index in [1.54, 1.807) is 35.9 Å². The molecule has 0 aliphatic heterocycles. The predicted molar refractivity (Wildman–Crippen MR) is 71.3 cm³/mol. The van der Waals surface area contributed by atoms with Crippen molar-refractivity contribution < 1.29 is 8.42 Å². The maximum absolute atomic E-state index is 11.8. The third-order valence-electron chi connectivity index (χ3n) is 2.13. The number of hydrogen-bond donors (Lipinski definition) is 2. The van der Waals surface area contributed by atoms with Crippen LogP contribution < -0.4 is 10.3 Å². The Labute approximate surface area is 113 Å². The number of benzene rings is 1. The minimum atomic E-state index is -3.65. The van der Waals surface area contributed by atoms with Gasteiger partial charge in [0.05, 0.1) is 6.33 Å². The van der Waals surface area contributed by atoms with Gasteiger partial charge in [-0.25, -0.2) is 13.4 Å². The minimum absolute atomic E-state index is 0.0328. The van der Waals surface area contributed by atoms with Gasteiger partial charge in [-0.3, -0.25) is 0 Å². The van der Waals surface area contributed by atoms with Crippen molar-refractivity contribution in [2.75, 3.05) is 5.43 Å². The van der Waals surface area contributed by atoms with Crippen LogP contribution >= 0.6 is 15.9 Å². The van der Waals surface area contributed by atoms with Gasteiger partial charge in [0.15, 0.2) is 5.03 Å². The summed E-state index contributed by atoms with van der Waals surface area (Å²) in [6.07, 6.45) is 2.85. The molecule has 0 saturated heterocycles. The molecule has 2 N–H and O–H groups in total. The maximum Gasteiger partial charge on any atom is 0.276 e. The number of sulfonamides is 1. The van der Waals surface area contributed by atoms with E-state index in [0.29, 0.717) is 5.69 Å². The van der Waals surface area contributed by atoms with Crippen LogP contribution in [0.15, 0.2) is 46.3 Å². The summed E-state index contributed by atoms with van der Waals surface area (Å²) in [5, 5.41) is -0.0328. The minimum Gasteiger partial charge on any atom is -0.339 e. The topological polar surface area (TPSA) is 76.0 Å². The number of anilines is 1. The molecule has 0 spiro atoms. The fraction of sp³-hybridized carbons (Fsp3) is 0.100. The molecule has 1 heterocycles. The van der Waals surface area contributed by atoms with Crippen molar-refractivity contribution in [3.8, 4) is 0 Å². The van der Waals surface area contributed by atoms with Crippen molar-refractivity contribution in [2.45, 2.75) is 5.03 Å². The largest absolute Gasteiger partial charge is 0.339 e. The zero-order chi connectivity index (χ0) is 13.2. The number of hydrazine groups is 1. The zero-order valence-corrected chi connectivity index (χ0v) is 11.9. The predicted octanol–water partition coefficient (Wildman–Crippen LogP) is 1.49. The third kappa shape index (κ3) is 3.09. The molecule has 0 aliphatic carbocycles. The summed E-state index contributed by atoms with van der Waals surface area (Å²) in [5.41, 5.74) is 3.25. The molecule has 1 aromatic heterocycles. The van der Waals surface area contributed by atoms with Gasteiger partial charge in [-0.05, 0) is 24.3 Å². The first-order chi connectivity index (χ1) is 8.47. The van der Waals surface area contributed by atoms with Gasteiger partial charge >= 0.3 is 0 Å². The number of imidazole rings is 1. The Balaban J connectivity index is 2.08. The fourth-order valence-electron chi connectivity index (χ4n) is 1.24. The Morgan fingerprint density at radius 2 is 1.94 bits per heavy atom. The van der Waals surface area contributed by atoms with E-state index < -0.39 is 10.0 Å². The van der Waals surface area contributed by atoms with Crippen LogP contribution in [-0.4, -0.2) is 18.0 Å². The van der Waals surface area contributed by atoms with Gasteiger partial charge in [0, 0.05) is 23.4 Å². The number of aromatic nitrogens is 2. The summed E-state index contributed by atoms with van der Waals surface area (Å²) in [6.45, 7) is 0. The Kier molecular flexibility index (Phi) is 3.69. The lowest BCUT2D eigenvalue weighted by atomic mass is 10.3. The summed E-state index contributed by atoms with van der Waals surface area (Å²) >= 11 is 3.30. The summed E-state index contributed by atoms with van der Waals surface area (Å²) < 4.78 is 26.1. The quantitative estimate of drug-likeness (QED) is 0.833. The second kappa shape index (κ2) is 5.09. The van der Waals surface area contributed by atoms with Crippen molar-refractivity contribution in [1.82, 2.24) is 14.4 Å². The molecule has 0 aliphatic rings. The van der Waals surface area contributed by atoms with Crippen LogP contribution in [0.3, 0.4) is 0 Å².